The summed E-state index contributed by atoms with van der Waals surface area (Å²) < 4.78 is 39.7. The third-order valence-corrected chi connectivity index (χ3v) is 7.72. The quantitative estimate of drug-likeness (QED) is 0.329. The van der Waals surface area contributed by atoms with Crippen molar-refractivity contribution in [3.05, 3.63) is 94.1 Å². The first-order chi connectivity index (χ1) is 15.9. The summed E-state index contributed by atoms with van der Waals surface area (Å²) in [4.78, 5) is 13.7. The molecule has 0 unspecified atom stereocenters. The first kappa shape index (κ1) is 23.9. The van der Waals surface area contributed by atoms with Crippen LogP contribution in [0.3, 0.4) is 0 Å². The number of benzene rings is 3. The molecule has 1 amide bonds. The number of aryl methyl sites for hydroxylation is 1. The van der Waals surface area contributed by atoms with Gasteiger partial charge in [0.15, 0.2) is 0 Å². The van der Waals surface area contributed by atoms with E-state index in [1.807, 2.05) is 37.3 Å². The number of thiophene rings is 1. The van der Waals surface area contributed by atoms with E-state index in [1.165, 1.54) is 23.5 Å². The van der Waals surface area contributed by atoms with Gasteiger partial charge < -0.3 is 5.32 Å². The van der Waals surface area contributed by atoms with Crippen LogP contribution < -0.4 is 10.0 Å². The zero-order chi connectivity index (χ0) is 24.7. The van der Waals surface area contributed by atoms with Gasteiger partial charge in [0.05, 0.1) is 11.1 Å². The van der Waals surface area contributed by atoms with Gasteiger partial charge in [0.2, 0.25) is 10.0 Å². The lowest BCUT2D eigenvalue weighted by Gasteiger charge is -2.26. The Morgan fingerprint density at radius 1 is 0.941 bits per heavy atom. The number of fused-ring (bicyclic) bond motifs is 1. The standard InChI is InChI=1S/C26H25FN2O3S2/c1-16-22-13-12-21(29-34(4,31)32)15-23(22)33-24(16)25(30)28-20-7-5-6-18(14-20)26(2,3)17-8-10-19(27)11-9-17/h5-15,29H,1-4H3,(H,28,30). The van der Waals surface area contributed by atoms with Crippen LogP contribution in [0.5, 0.6) is 0 Å². The minimum absolute atomic E-state index is 0.229. The molecular weight excluding hydrogens is 471 g/mol. The average Bonchev–Trinajstić information content (AvgIpc) is 3.09. The van der Waals surface area contributed by atoms with Gasteiger partial charge in [-0.05, 0) is 65.4 Å². The van der Waals surface area contributed by atoms with E-state index in [2.05, 4.69) is 23.9 Å². The molecule has 4 aromatic rings. The normalized spacial score (nSPS) is 12.0. The number of anilines is 2. The van der Waals surface area contributed by atoms with Crippen LogP contribution in [0.1, 0.15) is 40.2 Å². The van der Waals surface area contributed by atoms with E-state index in [0.29, 0.717) is 16.3 Å². The third kappa shape index (κ3) is 4.98. The van der Waals surface area contributed by atoms with Gasteiger partial charge in [-0.1, -0.05) is 44.2 Å². The second kappa shape index (κ2) is 8.85. The van der Waals surface area contributed by atoms with Gasteiger partial charge in [-0.2, -0.15) is 0 Å². The van der Waals surface area contributed by atoms with Gasteiger partial charge in [0.25, 0.3) is 5.91 Å². The molecule has 0 aliphatic rings. The van der Waals surface area contributed by atoms with Gasteiger partial charge in [-0.3, -0.25) is 9.52 Å². The average molecular weight is 497 g/mol. The van der Waals surface area contributed by atoms with Crippen LogP contribution in [0.2, 0.25) is 0 Å². The zero-order valence-corrected chi connectivity index (χ0v) is 20.9. The molecule has 0 fully saturated rings. The van der Waals surface area contributed by atoms with Gasteiger partial charge in [0.1, 0.15) is 5.82 Å². The third-order valence-electron chi connectivity index (χ3n) is 5.86. The SMILES string of the molecule is Cc1c(C(=O)Nc2cccc(C(C)(C)c3ccc(F)cc3)c2)sc2cc(NS(C)(=O)=O)ccc12. The zero-order valence-electron chi connectivity index (χ0n) is 19.3. The summed E-state index contributed by atoms with van der Waals surface area (Å²) in [7, 11) is -3.39. The van der Waals surface area contributed by atoms with E-state index in [4.69, 9.17) is 0 Å². The second-order valence-corrected chi connectivity index (χ2v) is 11.6. The Morgan fingerprint density at radius 3 is 2.32 bits per heavy atom. The molecule has 2 N–H and O–H groups in total. The number of hydrogen-bond acceptors (Lipinski definition) is 4. The monoisotopic (exact) mass is 496 g/mol. The molecule has 0 saturated heterocycles. The molecule has 176 valence electrons. The number of sulfonamides is 1. The van der Waals surface area contributed by atoms with Crippen LogP contribution in [0.4, 0.5) is 15.8 Å². The Kier molecular flexibility index (Phi) is 6.22. The molecule has 0 radical (unpaired) electrons. The molecule has 5 nitrogen and oxygen atoms in total. The van der Waals surface area contributed by atoms with E-state index in [9.17, 15) is 17.6 Å². The van der Waals surface area contributed by atoms with Crippen molar-refractivity contribution in [2.24, 2.45) is 0 Å². The Labute approximate surface area is 202 Å². The summed E-state index contributed by atoms with van der Waals surface area (Å²) in [6.45, 7) is 5.99. The molecule has 1 aromatic heterocycles. The first-order valence-corrected chi connectivity index (χ1v) is 13.3. The molecular formula is C26H25FN2O3S2. The van der Waals surface area contributed by atoms with Crippen LogP contribution in [-0.4, -0.2) is 20.6 Å². The van der Waals surface area contributed by atoms with Crippen LogP contribution >= 0.6 is 11.3 Å². The number of amides is 1. The minimum atomic E-state index is -3.39. The molecule has 0 aliphatic carbocycles. The van der Waals surface area contributed by atoms with Crippen molar-refractivity contribution in [3.63, 3.8) is 0 Å². The van der Waals surface area contributed by atoms with Crippen LogP contribution in [-0.2, 0) is 15.4 Å². The smallest absolute Gasteiger partial charge is 0.266 e. The number of hydrogen-bond donors (Lipinski definition) is 2. The molecule has 3 aromatic carbocycles. The summed E-state index contributed by atoms with van der Waals surface area (Å²) in [6, 6.07) is 19.3. The predicted octanol–water partition coefficient (Wildman–Crippen LogP) is 6.30. The van der Waals surface area contributed by atoms with Crippen molar-refractivity contribution in [3.8, 4) is 0 Å². The predicted molar refractivity (Wildman–Crippen MR) is 138 cm³/mol. The summed E-state index contributed by atoms with van der Waals surface area (Å²) in [5.74, 6) is -0.508. The van der Waals surface area contributed by atoms with Crippen molar-refractivity contribution in [1.29, 1.82) is 0 Å². The highest BCUT2D eigenvalue weighted by molar-refractivity contribution is 7.92. The summed E-state index contributed by atoms with van der Waals surface area (Å²) in [5.41, 5.74) is 3.53. The van der Waals surface area contributed by atoms with E-state index in [-0.39, 0.29) is 17.1 Å². The first-order valence-electron chi connectivity index (χ1n) is 10.6. The lowest BCUT2D eigenvalue weighted by molar-refractivity contribution is 0.103. The fourth-order valence-electron chi connectivity index (χ4n) is 3.93. The summed E-state index contributed by atoms with van der Waals surface area (Å²) in [6.07, 6.45) is 1.10. The van der Waals surface area contributed by atoms with E-state index in [0.717, 1.165) is 33.0 Å². The largest absolute Gasteiger partial charge is 0.321 e. The molecule has 1 heterocycles. The Morgan fingerprint density at radius 2 is 1.65 bits per heavy atom. The molecule has 0 aliphatic heterocycles. The van der Waals surface area contributed by atoms with Gasteiger partial charge >= 0.3 is 0 Å². The van der Waals surface area contributed by atoms with Gasteiger partial charge in [-0.25, -0.2) is 12.8 Å². The number of carbonyl (C=O) groups excluding carboxylic acids is 1. The highest BCUT2D eigenvalue weighted by Crippen LogP contribution is 2.35. The molecule has 0 atom stereocenters. The van der Waals surface area contributed by atoms with Crippen molar-refractivity contribution >= 4 is 48.7 Å². The number of halogens is 1. The molecule has 0 spiro atoms. The minimum Gasteiger partial charge on any atom is -0.321 e. The maximum atomic E-state index is 13.4. The summed E-state index contributed by atoms with van der Waals surface area (Å²) >= 11 is 1.32. The fraction of sp³-hybridized carbons (Fsp3) is 0.192. The van der Waals surface area contributed by atoms with E-state index >= 15 is 0 Å². The second-order valence-electron chi connectivity index (χ2n) is 8.81. The number of carbonyl (C=O) groups is 1. The highest BCUT2D eigenvalue weighted by atomic mass is 32.2. The number of nitrogens with one attached hydrogen (secondary N) is 2. The van der Waals surface area contributed by atoms with Crippen molar-refractivity contribution in [2.45, 2.75) is 26.2 Å². The van der Waals surface area contributed by atoms with Crippen LogP contribution in [0, 0.1) is 12.7 Å². The molecule has 0 saturated carbocycles. The van der Waals surface area contributed by atoms with Crippen LogP contribution in [0.15, 0.2) is 66.7 Å². The lowest BCUT2D eigenvalue weighted by Crippen LogP contribution is -2.19. The molecule has 34 heavy (non-hydrogen) atoms. The van der Waals surface area contributed by atoms with E-state index in [1.54, 1.807) is 24.3 Å². The van der Waals surface area contributed by atoms with Crippen molar-refractivity contribution in [2.75, 3.05) is 16.3 Å². The Bertz CT molecular complexity index is 1490. The molecule has 4 rings (SSSR count). The van der Waals surface area contributed by atoms with Gasteiger partial charge in [-0.15, -0.1) is 11.3 Å². The Hall–Kier alpha value is -3.23. The summed E-state index contributed by atoms with van der Waals surface area (Å²) in [5, 5.41) is 3.89. The number of rotatable bonds is 6. The molecule has 8 heteroatoms. The highest BCUT2D eigenvalue weighted by Gasteiger charge is 2.24. The maximum absolute atomic E-state index is 13.4. The van der Waals surface area contributed by atoms with Gasteiger partial charge in [0, 0.05) is 21.5 Å². The fourth-order valence-corrected chi connectivity index (χ4v) is 5.63. The lowest BCUT2D eigenvalue weighted by atomic mass is 9.78. The maximum Gasteiger partial charge on any atom is 0.266 e. The Balaban J connectivity index is 1.60. The van der Waals surface area contributed by atoms with Crippen molar-refractivity contribution in [1.82, 2.24) is 0 Å². The molecule has 0 bridgehead atoms. The van der Waals surface area contributed by atoms with Crippen LogP contribution in [0.25, 0.3) is 10.1 Å². The topological polar surface area (TPSA) is 75.3 Å². The van der Waals surface area contributed by atoms with Crippen molar-refractivity contribution < 1.29 is 17.6 Å². The van der Waals surface area contributed by atoms with E-state index < -0.39 is 10.0 Å².